The molecule has 1 aromatic carbocycles. The van der Waals surface area contributed by atoms with Gasteiger partial charge in [0, 0.05) is 10.6 Å². The van der Waals surface area contributed by atoms with Crippen molar-refractivity contribution in [2.75, 3.05) is 19.4 Å². The zero-order valence-electron chi connectivity index (χ0n) is 11.4. The van der Waals surface area contributed by atoms with Crippen molar-refractivity contribution in [1.29, 1.82) is 0 Å². The molecule has 0 saturated heterocycles. The molecule has 0 amide bonds. The van der Waals surface area contributed by atoms with Gasteiger partial charge in [-0.25, -0.2) is 0 Å². The Labute approximate surface area is 113 Å². The standard InChI is InChI=1S/C14H21NO2S/c1-5-15-14(3,13(16)17-4)10-18-12-8-6-11(2)7-9-12/h6-9,15H,5,10H2,1-4H3. The molecular formula is C14H21NO2S. The Morgan fingerprint density at radius 1 is 1.39 bits per heavy atom. The molecule has 0 aliphatic carbocycles. The molecule has 1 atom stereocenters. The van der Waals surface area contributed by atoms with Crippen molar-refractivity contribution in [3.05, 3.63) is 29.8 Å². The van der Waals surface area contributed by atoms with Gasteiger partial charge in [-0.3, -0.25) is 4.79 Å². The van der Waals surface area contributed by atoms with Gasteiger partial charge < -0.3 is 10.1 Å². The topological polar surface area (TPSA) is 38.3 Å². The van der Waals surface area contributed by atoms with Crippen LogP contribution in [-0.4, -0.2) is 30.9 Å². The van der Waals surface area contributed by atoms with E-state index in [-0.39, 0.29) is 5.97 Å². The van der Waals surface area contributed by atoms with Gasteiger partial charge in [0.15, 0.2) is 0 Å². The lowest BCUT2D eigenvalue weighted by atomic mass is 10.1. The van der Waals surface area contributed by atoms with Gasteiger partial charge in [-0.15, -0.1) is 11.8 Å². The molecule has 0 bridgehead atoms. The number of ether oxygens (including phenoxy) is 1. The van der Waals surface area contributed by atoms with Gasteiger partial charge in [0.05, 0.1) is 7.11 Å². The lowest BCUT2D eigenvalue weighted by Gasteiger charge is -2.27. The van der Waals surface area contributed by atoms with Gasteiger partial charge >= 0.3 is 5.97 Å². The number of likely N-dealkylation sites (N-methyl/N-ethyl adjacent to an activating group) is 1. The summed E-state index contributed by atoms with van der Waals surface area (Å²) < 4.78 is 4.86. The average Bonchev–Trinajstić information content (AvgIpc) is 2.37. The van der Waals surface area contributed by atoms with E-state index >= 15 is 0 Å². The van der Waals surface area contributed by atoms with Crippen molar-refractivity contribution in [1.82, 2.24) is 5.32 Å². The van der Waals surface area contributed by atoms with Crippen LogP contribution in [0.3, 0.4) is 0 Å². The van der Waals surface area contributed by atoms with Gasteiger partial charge in [-0.05, 0) is 32.5 Å². The quantitative estimate of drug-likeness (QED) is 0.635. The highest BCUT2D eigenvalue weighted by molar-refractivity contribution is 7.99. The number of carbonyl (C=O) groups is 1. The predicted octanol–water partition coefficient (Wildman–Crippen LogP) is 2.63. The zero-order chi connectivity index (χ0) is 13.6. The third-order valence-corrected chi connectivity index (χ3v) is 4.08. The van der Waals surface area contributed by atoms with E-state index in [9.17, 15) is 4.79 Å². The summed E-state index contributed by atoms with van der Waals surface area (Å²) in [5, 5.41) is 3.20. The van der Waals surface area contributed by atoms with Crippen LogP contribution in [0, 0.1) is 6.92 Å². The first kappa shape index (κ1) is 15.1. The van der Waals surface area contributed by atoms with Crippen LogP contribution in [-0.2, 0) is 9.53 Å². The van der Waals surface area contributed by atoms with Crippen molar-refractivity contribution < 1.29 is 9.53 Å². The van der Waals surface area contributed by atoms with Crippen LogP contribution in [0.5, 0.6) is 0 Å². The summed E-state index contributed by atoms with van der Waals surface area (Å²) in [6.45, 7) is 6.66. The molecule has 1 unspecified atom stereocenters. The van der Waals surface area contributed by atoms with Gasteiger partial charge in [-0.1, -0.05) is 24.6 Å². The van der Waals surface area contributed by atoms with Crippen LogP contribution in [0.2, 0.25) is 0 Å². The van der Waals surface area contributed by atoms with Gasteiger partial charge in [0.2, 0.25) is 0 Å². The minimum atomic E-state index is -0.640. The van der Waals surface area contributed by atoms with Gasteiger partial charge in [0.25, 0.3) is 0 Å². The van der Waals surface area contributed by atoms with Crippen molar-refractivity contribution in [2.45, 2.75) is 31.2 Å². The van der Waals surface area contributed by atoms with E-state index in [2.05, 4.69) is 36.5 Å². The monoisotopic (exact) mass is 267 g/mol. The Morgan fingerprint density at radius 2 is 2.00 bits per heavy atom. The summed E-state index contributed by atoms with van der Waals surface area (Å²) in [7, 11) is 1.43. The molecule has 100 valence electrons. The first-order valence-electron chi connectivity index (χ1n) is 6.04. The minimum absolute atomic E-state index is 0.219. The number of benzene rings is 1. The summed E-state index contributed by atoms with van der Waals surface area (Å²) in [4.78, 5) is 13.0. The molecular weight excluding hydrogens is 246 g/mol. The van der Waals surface area contributed by atoms with Crippen LogP contribution >= 0.6 is 11.8 Å². The zero-order valence-corrected chi connectivity index (χ0v) is 12.3. The predicted molar refractivity (Wildman–Crippen MR) is 76.0 cm³/mol. The van der Waals surface area contributed by atoms with Crippen LogP contribution in [0.25, 0.3) is 0 Å². The van der Waals surface area contributed by atoms with E-state index < -0.39 is 5.54 Å². The van der Waals surface area contributed by atoms with Gasteiger partial charge in [0.1, 0.15) is 5.54 Å². The van der Waals surface area contributed by atoms with E-state index in [0.717, 1.165) is 11.4 Å². The molecule has 1 rings (SSSR count). The van der Waals surface area contributed by atoms with Crippen LogP contribution in [0.1, 0.15) is 19.4 Å². The molecule has 0 aliphatic heterocycles. The summed E-state index contributed by atoms with van der Waals surface area (Å²) in [6.07, 6.45) is 0. The van der Waals surface area contributed by atoms with Crippen LogP contribution in [0.4, 0.5) is 0 Å². The fraction of sp³-hybridized carbons (Fsp3) is 0.500. The molecule has 1 aromatic rings. The summed E-state index contributed by atoms with van der Waals surface area (Å²) in [5.41, 5.74) is 0.598. The maximum atomic E-state index is 11.8. The van der Waals surface area contributed by atoms with E-state index in [4.69, 9.17) is 4.74 Å². The second kappa shape index (κ2) is 6.81. The highest BCUT2D eigenvalue weighted by Gasteiger charge is 2.33. The first-order chi connectivity index (χ1) is 8.51. The molecule has 4 heteroatoms. The number of esters is 1. The molecule has 0 aromatic heterocycles. The minimum Gasteiger partial charge on any atom is -0.468 e. The Balaban J connectivity index is 2.67. The number of carbonyl (C=O) groups excluding carboxylic acids is 1. The Bertz CT molecular complexity index is 391. The largest absolute Gasteiger partial charge is 0.468 e. The number of hydrogen-bond acceptors (Lipinski definition) is 4. The number of thioether (sulfide) groups is 1. The normalized spacial score (nSPS) is 14.0. The van der Waals surface area contributed by atoms with Crippen molar-refractivity contribution in [2.24, 2.45) is 0 Å². The lowest BCUT2D eigenvalue weighted by molar-refractivity contribution is -0.146. The fourth-order valence-electron chi connectivity index (χ4n) is 1.66. The third-order valence-electron chi connectivity index (χ3n) is 2.75. The van der Waals surface area contributed by atoms with Crippen molar-refractivity contribution in [3.63, 3.8) is 0 Å². The summed E-state index contributed by atoms with van der Waals surface area (Å²) in [6, 6.07) is 8.30. The maximum Gasteiger partial charge on any atom is 0.326 e. The SMILES string of the molecule is CCNC(C)(CSc1ccc(C)cc1)C(=O)OC. The van der Waals surface area contributed by atoms with Crippen molar-refractivity contribution in [3.8, 4) is 0 Å². The van der Waals surface area contributed by atoms with E-state index in [1.165, 1.54) is 12.7 Å². The van der Waals surface area contributed by atoms with Crippen molar-refractivity contribution >= 4 is 17.7 Å². The Kier molecular flexibility index (Phi) is 5.69. The molecule has 1 N–H and O–H groups in total. The number of aryl methyl sites for hydroxylation is 1. The second-order valence-electron chi connectivity index (χ2n) is 4.46. The molecule has 3 nitrogen and oxygen atoms in total. The maximum absolute atomic E-state index is 11.8. The van der Waals surface area contributed by atoms with E-state index in [0.29, 0.717) is 5.75 Å². The molecule has 0 fully saturated rings. The van der Waals surface area contributed by atoms with Crippen LogP contribution in [0.15, 0.2) is 29.2 Å². The van der Waals surface area contributed by atoms with E-state index in [1.807, 2.05) is 13.8 Å². The van der Waals surface area contributed by atoms with E-state index in [1.54, 1.807) is 11.8 Å². The molecule has 0 radical (unpaired) electrons. The number of hydrogen-bond donors (Lipinski definition) is 1. The highest BCUT2D eigenvalue weighted by Crippen LogP contribution is 2.23. The summed E-state index contributed by atoms with van der Waals surface area (Å²) >= 11 is 1.66. The molecule has 0 saturated carbocycles. The number of rotatable bonds is 6. The fourth-order valence-corrected chi connectivity index (χ4v) is 2.66. The lowest BCUT2D eigenvalue weighted by Crippen LogP contribution is -2.52. The number of nitrogens with one attached hydrogen (secondary N) is 1. The average molecular weight is 267 g/mol. The van der Waals surface area contributed by atoms with Crippen LogP contribution < -0.4 is 5.32 Å². The molecule has 0 heterocycles. The number of methoxy groups -OCH3 is 1. The summed E-state index contributed by atoms with van der Waals surface area (Å²) in [5.74, 6) is 0.431. The smallest absolute Gasteiger partial charge is 0.326 e. The molecule has 0 spiro atoms. The molecule has 18 heavy (non-hydrogen) atoms. The Morgan fingerprint density at radius 3 is 2.50 bits per heavy atom. The second-order valence-corrected chi connectivity index (χ2v) is 5.50. The van der Waals surface area contributed by atoms with Gasteiger partial charge in [-0.2, -0.15) is 0 Å². The Hall–Kier alpha value is -1.00. The third kappa shape index (κ3) is 4.03. The highest BCUT2D eigenvalue weighted by atomic mass is 32.2. The molecule has 0 aliphatic rings. The first-order valence-corrected chi connectivity index (χ1v) is 7.03.